The summed E-state index contributed by atoms with van der Waals surface area (Å²) in [6, 6.07) is 0. The minimum atomic E-state index is 0.107. The van der Waals surface area contributed by atoms with Crippen LogP contribution in [0.25, 0.3) is 0 Å². The van der Waals surface area contributed by atoms with Gasteiger partial charge in [-0.2, -0.15) is 0 Å². The van der Waals surface area contributed by atoms with Crippen molar-refractivity contribution in [3.05, 3.63) is 8.86 Å². The summed E-state index contributed by atoms with van der Waals surface area (Å²) in [7, 11) is 0. The van der Waals surface area contributed by atoms with Crippen LogP contribution in [0.1, 0.15) is 0 Å². The maximum Gasteiger partial charge on any atom is 0.131 e. The highest BCUT2D eigenvalue weighted by Crippen LogP contribution is 2.27. The van der Waals surface area contributed by atoms with Gasteiger partial charge in [-0.25, -0.2) is 0 Å². The summed E-state index contributed by atoms with van der Waals surface area (Å²) in [6.45, 7) is 0.571. The maximum atomic E-state index is 5.52. The molecule has 0 aliphatic rings. The summed E-state index contributed by atoms with van der Waals surface area (Å²) in [4.78, 5) is 0. The Bertz CT molecular complexity index is 110. The summed E-state index contributed by atoms with van der Waals surface area (Å²) in [5.74, 6) is 0.738. The van der Waals surface area contributed by atoms with Crippen LogP contribution >= 0.6 is 46.6 Å². The van der Waals surface area contributed by atoms with Crippen LogP contribution in [0.2, 0.25) is 0 Å². The van der Waals surface area contributed by atoms with E-state index in [0.717, 1.165) is 5.75 Å². The van der Waals surface area contributed by atoms with Gasteiger partial charge in [-0.1, -0.05) is 34.8 Å². The Morgan fingerprint density at radius 3 is 2.22 bits per heavy atom. The molecule has 0 aromatic rings. The van der Waals surface area contributed by atoms with Crippen LogP contribution in [-0.4, -0.2) is 12.3 Å². The molecular weight excluding hydrogens is 200 g/mol. The first-order valence-corrected chi connectivity index (χ1v) is 4.34. The van der Waals surface area contributed by atoms with Gasteiger partial charge in [-0.15, -0.1) is 11.8 Å². The van der Waals surface area contributed by atoms with Crippen molar-refractivity contribution in [3.63, 3.8) is 0 Å². The molecule has 9 heavy (non-hydrogen) atoms. The monoisotopic (exact) mass is 205 g/mol. The molecule has 1 nitrogen and oxygen atoms in total. The van der Waals surface area contributed by atoms with Crippen molar-refractivity contribution in [3.8, 4) is 0 Å². The van der Waals surface area contributed by atoms with Gasteiger partial charge in [0.25, 0.3) is 0 Å². The van der Waals surface area contributed by atoms with E-state index in [1.165, 1.54) is 11.8 Å². The van der Waals surface area contributed by atoms with E-state index in [0.29, 0.717) is 10.9 Å². The van der Waals surface area contributed by atoms with Gasteiger partial charge in [0, 0.05) is 12.3 Å². The number of thioether (sulfide) groups is 1. The zero-order valence-electron chi connectivity index (χ0n) is 4.53. The van der Waals surface area contributed by atoms with Gasteiger partial charge in [0.2, 0.25) is 0 Å². The third-order valence-electron chi connectivity index (χ3n) is 0.495. The molecule has 0 aromatic carbocycles. The topological polar surface area (TPSA) is 26.0 Å². The number of halogens is 3. The lowest BCUT2D eigenvalue weighted by Gasteiger charge is -1.94. The second-order valence-corrected chi connectivity index (χ2v) is 3.83. The summed E-state index contributed by atoms with van der Waals surface area (Å²) in [5.41, 5.74) is 5.19. The van der Waals surface area contributed by atoms with E-state index in [9.17, 15) is 0 Å². The van der Waals surface area contributed by atoms with Crippen LogP contribution in [0.3, 0.4) is 0 Å². The summed E-state index contributed by atoms with van der Waals surface area (Å²) < 4.78 is 0.513. The molecule has 0 saturated carbocycles. The van der Waals surface area contributed by atoms with Crippen LogP contribution in [0.15, 0.2) is 8.86 Å². The average molecular weight is 207 g/mol. The van der Waals surface area contributed by atoms with E-state index in [4.69, 9.17) is 40.5 Å². The van der Waals surface area contributed by atoms with Crippen LogP contribution in [0.5, 0.6) is 0 Å². The molecule has 0 bridgehead atoms. The average Bonchev–Trinajstić information content (AvgIpc) is 1.82. The number of nitrogens with two attached hydrogens (primary N) is 1. The van der Waals surface area contributed by atoms with E-state index in [1.54, 1.807) is 0 Å². The molecule has 54 valence electrons. The van der Waals surface area contributed by atoms with Gasteiger partial charge >= 0.3 is 0 Å². The highest BCUT2D eigenvalue weighted by Gasteiger charge is 1.96. The van der Waals surface area contributed by atoms with E-state index in [2.05, 4.69) is 0 Å². The SMILES string of the molecule is NCCSC(Cl)=C(Cl)Cl. The summed E-state index contributed by atoms with van der Waals surface area (Å²) in [6.07, 6.45) is 0. The van der Waals surface area contributed by atoms with Crippen molar-refractivity contribution in [1.82, 2.24) is 0 Å². The first-order chi connectivity index (χ1) is 4.18. The lowest BCUT2D eigenvalue weighted by Crippen LogP contribution is -2.00. The highest BCUT2D eigenvalue weighted by atomic mass is 35.5. The fourth-order valence-electron chi connectivity index (χ4n) is 0.203. The molecule has 0 aliphatic carbocycles. The van der Waals surface area contributed by atoms with Crippen LogP contribution in [0.4, 0.5) is 0 Å². The van der Waals surface area contributed by atoms with Crippen LogP contribution in [-0.2, 0) is 0 Å². The minimum Gasteiger partial charge on any atom is -0.330 e. The lowest BCUT2D eigenvalue weighted by atomic mass is 10.8. The molecule has 0 aromatic heterocycles. The Morgan fingerprint density at radius 2 is 1.89 bits per heavy atom. The largest absolute Gasteiger partial charge is 0.330 e. The molecule has 0 rings (SSSR count). The first-order valence-electron chi connectivity index (χ1n) is 2.22. The van der Waals surface area contributed by atoms with Gasteiger partial charge in [-0.3, -0.25) is 0 Å². The van der Waals surface area contributed by atoms with Crippen molar-refractivity contribution in [2.45, 2.75) is 0 Å². The van der Waals surface area contributed by atoms with Gasteiger partial charge in [0.05, 0.1) is 0 Å². The smallest absolute Gasteiger partial charge is 0.131 e. The van der Waals surface area contributed by atoms with Gasteiger partial charge < -0.3 is 5.73 Å². The second-order valence-electron chi connectivity index (χ2n) is 1.17. The van der Waals surface area contributed by atoms with E-state index >= 15 is 0 Å². The van der Waals surface area contributed by atoms with E-state index in [-0.39, 0.29) is 4.49 Å². The van der Waals surface area contributed by atoms with Gasteiger partial charge in [0.15, 0.2) is 0 Å². The standard InChI is InChI=1S/C4H6Cl3NS/c5-3(6)4(7)9-2-1-8/h1-2,8H2. The maximum absolute atomic E-state index is 5.52. The number of hydrogen-bond donors (Lipinski definition) is 1. The van der Waals surface area contributed by atoms with Crippen molar-refractivity contribution in [1.29, 1.82) is 0 Å². The number of hydrogen-bond acceptors (Lipinski definition) is 2. The van der Waals surface area contributed by atoms with E-state index < -0.39 is 0 Å². The van der Waals surface area contributed by atoms with E-state index in [1.807, 2.05) is 0 Å². The van der Waals surface area contributed by atoms with Gasteiger partial charge in [-0.05, 0) is 0 Å². The molecule has 0 amide bonds. The molecule has 0 unspecified atom stereocenters. The Labute approximate surface area is 73.5 Å². The molecule has 0 spiro atoms. The second kappa shape index (κ2) is 5.69. The third-order valence-corrected chi connectivity index (χ3v) is 2.70. The van der Waals surface area contributed by atoms with Crippen LogP contribution in [0, 0.1) is 0 Å². The Kier molecular flexibility index (Phi) is 6.27. The Balaban J connectivity index is 3.50. The molecule has 0 radical (unpaired) electrons. The predicted molar refractivity (Wildman–Crippen MR) is 46.1 cm³/mol. The van der Waals surface area contributed by atoms with Crippen molar-refractivity contribution in [2.75, 3.05) is 12.3 Å². The normalized spacial score (nSPS) is 9.33. The molecule has 5 heteroatoms. The summed E-state index contributed by atoms with van der Waals surface area (Å²) >= 11 is 17.5. The summed E-state index contributed by atoms with van der Waals surface area (Å²) in [5, 5.41) is 0. The minimum absolute atomic E-state index is 0.107. The molecule has 0 aliphatic heterocycles. The fourth-order valence-corrected chi connectivity index (χ4v) is 1.17. The molecule has 0 atom stereocenters. The number of rotatable bonds is 3. The Morgan fingerprint density at radius 1 is 1.33 bits per heavy atom. The zero-order valence-corrected chi connectivity index (χ0v) is 7.62. The molecule has 2 N–H and O–H groups in total. The highest BCUT2D eigenvalue weighted by molar-refractivity contribution is 8.04. The quantitative estimate of drug-likeness (QED) is 0.768. The van der Waals surface area contributed by atoms with Crippen molar-refractivity contribution >= 4 is 46.6 Å². The van der Waals surface area contributed by atoms with Gasteiger partial charge in [0.1, 0.15) is 8.86 Å². The zero-order chi connectivity index (χ0) is 7.28. The molecular formula is C4H6Cl3NS. The van der Waals surface area contributed by atoms with Crippen LogP contribution < -0.4 is 5.73 Å². The predicted octanol–water partition coefficient (Wildman–Crippen LogP) is 2.52. The third kappa shape index (κ3) is 5.37. The fraction of sp³-hybridized carbons (Fsp3) is 0.500. The molecule has 0 saturated heterocycles. The Hall–Kier alpha value is 0.920. The lowest BCUT2D eigenvalue weighted by molar-refractivity contribution is 1.15. The molecule has 0 heterocycles. The molecule has 0 fully saturated rings. The first kappa shape index (κ1) is 9.92. The van der Waals surface area contributed by atoms with Crippen molar-refractivity contribution < 1.29 is 0 Å². The van der Waals surface area contributed by atoms with Crippen molar-refractivity contribution in [2.24, 2.45) is 5.73 Å².